The lowest BCUT2D eigenvalue weighted by molar-refractivity contribution is -0.0284. The van der Waals surface area contributed by atoms with Crippen LogP contribution in [0.15, 0.2) is 29.3 Å². The molecule has 1 heterocycles. The first-order chi connectivity index (χ1) is 13.9. The van der Waals surface area contributed by atoms with Gasteiger partial charge in [-0.15, -0.1) is 0 Å². The molecule has 0 aliphatic carbocycles. The Morgan fingerprint density at radius 1 is 1.28 bits per heavy atom. The number of halogens is 1. The van der Waals surface area contributed by atoms with E-state index < -0.39 is 0 Å². The molecule has 1 aliphatic rings. The van der Waals surface area contributed by atoms with E-state index in [0.29, 0.717) is 12.5 Å². The van der Waals surface area contributed by atoms with Gasteiger partial charge in [-0.2, -0.15) is 0 Å². The molecule has 0 spiro atoms. The highest BCUT2D eigenvalue weighted by atomic mass is 19.1. The zero-order chi connectivity index (χ0) is 21.2. The maximum Gasteiger partial charge on any atom is 0.191 e. The summed E-state index contributed by atoms with van der Waals surface area (Å²) in [4.78, 5) is 9.35. The van der Waals surface area contributed by atoms with Crippen molar-refractivity contribution in [2.45, 2.75) is 32.9 Å². The Kier molecular flexibility index (Phi) is 9.84. The van der Waals surface area contributed by atoms with Crippen molar-refractivity contribution in [1.82, 2.24) is 20.4 Å². The summed E-state index contributed by atoms with van der Waals surface area (Å²) in [7, 11) is 4.03. The van der Waals surface area contributed by atoms with Crippen LogP contribution >= 0.6 is 0 Å². The van der Waals surface area contributed by atoms with E-state index in [-0.39, 0.29) is 18.0 Å². The first kappa shape index (κ1) is 23.6. The Labute approximate surface area is 175 Å². The van der Waals surface area contributed by atoms with Crippen LogP contribution in [0.25, 0.3) is 0 Å². The van der Waals surface area contributed by atoms with Crippen LogP contribution in [0.3, 0.4) is 0 Å². The molecule has 2 atom stereocenters. The molecular weight excluding hydrogens is 369 g/mol. The number of benzene rings is 1. The Bertz CT molecular complexity index is 620. The first-order valence-electron chi connectivity index (χ1n) is 10.7. The number of nitrogens with one attached hydrogen (secondary N) is 2. The quantitative estimate of drug-likeness (QED) is 0.486. The lowest BCUT2D eigenvalue weighted by Crippen LogP contribution is -2.50. The lowest BCUT2D eigenvalue weighted by atomic mass is 10.1. The fraction of sp³-hybridized carbons (Fsp3) is 0.682. The maximum atomic E-state index is 13.3. The minimum atomic E-state index is -0.219. The van der Waals surface area contributed by atoms with E-state index in [9.17, 15) is 4.39 Å². The summed E-state index contributed by atoms with van der Waals surface area (Å²) >= 11 is 0. The van der Waals surface area contributed by atoms with Gasteiger partial charge in [-0.3, -0.25) is 9.89 Å². The molecule has 1 fully saturated rings. The molecule has 29 heavy (non-hydrogen) atoms. The molecule has 0 bridgehead atoms. The highest BCUT2D eigenvalue weighted by Crippen LogP contribution is 2.19. The summed E-state index contributed by atoms with van der Waals surface area (Å²) in [5.41, 5.74) is 1.05. The third-order valence-corrected chi connectivity index (χ3v) is 4.99. The van der Waals surface area contributed by atoms with Gasteiger partial charge in [0.25, 0.3) is 0 Å². The minimum absolute atomic E-state index is 0.0820. The van der Waals surface area contributed by atoms with Crippen molar-refractivity contribution < 1.29 is 9.13 Å². The van der Waals surface area contributed by atoms with Crippen LogP contribution < -0.4 is 10.6 Å². The van der Waals surface area contributed by atoms with Gasteiger partial charge in [-0.1, -0.05) is 26.0 Å². The smallest absolute Gasteiger partial charge is 0.191 e. The van der Waals surface area contributed by atoms with Gasteiger partial charge in [0.1, 0.15) is 5.82 Å². The molecule has 7 heteroatoms. The van der Waals surface area contributed by atoms with Crippen LogP contribution in [0.5, 0.6) is 0 Å². The highest BCUT2D eigenvalue weighted by Gasteiger charge is 2.21. The predicted octanol–water partition coefficient (Wildman–Crippen LogP) is 2.34. The summed E-state index contributed by atoms with van der Waals surface area (Å²) in [6.07, 6.45) is 0.160. The predicted molar refractivity (Wildman–Crippen MR) is 118 cm³/mol. The van der Waals surface area contributed by atoms with E-state index in [0.717, 1.165) is 50.9 Å². The molecule has 1 aliphatic heterocycles. The molecular formula is C22H38FN5O. The van der Waals surface area contributed by atoms with Crippen LogP contribution in [-0.2, 0) is 4.74 Å². The van der Waals surface area contributed by atoms with Crippen molar-refractivity contribution in [2.75, 3.05) is 60.0 Å². The van der Waals surface area contributed by atoms with Crippen LogP contribution in [0.1, 0.15) is 32.4 Å². The molecule has 2 unspecified atom stereocenters. The van der Waals surface area contributed by atoms with Crippen molar-refractivity contribution in [3.05, 3.63) is 35.6 Å². The lowest BCUT2D eigenvalue weighted by Gasteiger charge is -2.34. The van der Waals surface area contributed by atoms with Gasteiger partial charge in [-0.05, 0) is 44.6 Å². The monoisotopic (exact) mass is 407 g/mol. The third kappa shape index (κ3) is 8.28. The SMILES string of the molecule is CCNC(=NCC(c1ccc(F)cc1)N(C)C)NCC1CN(CC(C)C)CCO1. The molecule has 2 rings (SSSR count). The number of rotatable bonds is 9. The van der Waals surface area contributed by atoms with Crippen molar-refractivity contribution in [1.29, 1.82) is 0 Å². The molecule has 6 nitrogen and oxygen atoms in total. The van der Waals surface area contributed by atoms with Crippen LogP contribution in [0.4, 0.5) is 4.39 Å². The summed E-state index contributed by atoms with van der Waals surface area (Å²) in [6, 6.07) is 6.74. The second-order valence-corrected chi connectivity index (χ2v) is 8.28. The van der Waals surface area contributed by atoms with E-state index in [4.69, 9.17) is 9.73 Å². The van der Waals surface area contributed by atoms with Crippen LogP contribution in [0.2, 0.25) is 0 Å². The molecule has 2 N–H and O–H groups in total. The normalized spacial score (nSPS) is 19.6. The maximum absolute atomic E-state index is 13.3. The number of morpholine rings is 1. The molecule has 0 radical (unpaired) electrons. The van der Waals surface area contributed by atoms with Gasteiger partial charge >= 0.3 is 0 Å². The fourth-order valence-corrected chi connectivity index (χ4v) is 3.57. The number of hydrogen-bond donors (Lipinski definition) is 2. The average molecular weight is 408 g/mol. The largest absolute Gasteiger partial charge is 0.374 e. The third-order valence-electron chi connectivity index (χ3n) is 4.99. The van der Waals surface area contributed by atoms with Gasteiger partial charge < -0.3 is 20.3 Å². The molecule has 1 aromatic carbocycles. The molecule has 164 valence electrons. The van der Waals surface area contributed by atoms with E-state index in [1.165, 1.54) is 12.1 Å². The van der Waals surface area contributed by atoms with Crippen LogP contribution in [-0.4, -0.2) is 81.8 Å². The topological polar surface area (TPSA) is 52.1 Å². The number of aliphatic imine (C=N–C) groups is 1. The van der Waals surface area contributed by atoms with Gasteiger partial charge in [0, 0.05) is 32.7 Å². The summed E-state index contributed by atoms with van der Waals surface area (Å²) in [6.45, 7) is 12.5. The van der Waals surface area contributed by atoms with Crippen molar-refractivity contribution in [2.24, 2.45) is 10.9 Å². The van der Waals surface area contributed by atoms with E-state index >= 15 is 0 Å². The Morgan fingerprint density at radius 2 is 2.00 bits per heavy atom. The van der Waals surface area contributed by atoms with Gasteiger partial charge in [0.05, 0.1) is 25.3 Å². The molecule has 0 amide bonds. The summed E-state index contributed by atoms with van der Waals surface area (Å²) in [5.74, 6) is 1.23. The minimum Gasteiger partial charge on any atom is -0.374 e. The van der Waals surface area contributed by atoms with Gasteiger partial charge in [-0.25, -0.2) is 4.39 Å². The number of nitrogens with zero attached hydrogens (tertiary/aromatic N) is 3. The number of hydrogen-bond acceptors (Lipinski definition) is 4. The summed E-state index contributed by atoms with van der Waals surface area (Å²) < 4.78 is 19.2. The van der Waals surface area contributed by atoms with E-state index in [1.54, 1.807) is 0 Å². The van der Waals surface area contributed by atoms with Crippen molar-refractivity contribution >= 4 is 5.96 Å². The molecule has 0 aromatic heterocycles. The average Bonchev–Trinajstić information content (AvgIpc) is 2.67. The van der Waals surface area contributed by atoms with Gasteiger partial charge in [0.2, 0.25) is 0 Å². The zero-order valence-electron chi connectivity index (χ0n) is 18.6. The number of likely N-dealkylation sites (N-methyl/N-ethyl adjacent to an activating group) is 1. The second kappa shape index (κ2) is 12.1. The second-order valence-electron chi connectivity index (χ2n) is 8.28. The number of ether oxygens (including phenoxy) is 1. The Balaban J connectivity index is 1.94. The van der Waals surface area contributed by atoms with E-state index in [1.807, 2.05) is 26.2 Å². The standard InChI is InChI=1S/C22H38FN5O/c1-6-24-22(25-13-20-16-28(11-12-29-20)15-17(2)3)26-14-21(27(4)5)18-7-9-19(23)10-8-18/h7-10,17,20-21H,6,11-16H2,1-5H3,(H2,24,25,26). The Morgan fingerprint density at radius 3 is 2.62 bits per heavy atom. The zero-order valence-corrected chi connectivity index (χ0v) is 18.6. The number of guanidine groups is 1. The van der Waals surface area contributed by atoms with Gasteiger partial charge in [0.15, 0.2) is 5.96 Å². The van der Waals surface area contributed by atoms with Crippen molar-refractivity contribution in [3.8, 4) is 0 Å². The Hall–Kier alpha value is -1.70. The van der Waals surface area contributed by atoms with Crippen LogP contribution in [0, 0.1) is 11.7 Å². The fourth-order valence-electron chi connectivity index (χ4n) is 3.57. The summed E-state index contributed by atoms with van der Waals surface area (Å²) in [5, 5.41) is 6.74. The first-order valence-corrected chi connectivity index (χ1v) is 10.7. The molecule has 0 saturated carbocycles. The molecule has 1 saturated heterocycles. The highest BCUT2D eigenvalue weighted by molar-refractivity contribution is 5.79. The van der Waals surface area contributed by atoms with Crippen molar-refractivity contribution in [3.63, 3.8) is 0 Å². The van der Waals surface area contributed by atoms with E-state index in [2.05, 4.69) is 41.2 Å². The molecule has 1 aromatic rings.